The summed E-state index contributed by atoms with van der Waals surface area (Å²) in [4.78, 5) is 26.3. The quantitative estimate of drug-likeness (QED) is 0.288. The van der Waals surface area contributed by atoms with Crippen LogP contribution in [0, 0.1) is 5.82 Å². The number of hydrogen-bond acceptors (Lipinski definition) is 3. The van der Waals surface area contributed by atoms with Crippen molar-refractivity contribution in [2.45, 2.75) is 19.4 Å². The Morgan fingerprint density at radius 2 is 1.56 bits per heavy atom. The molecule has 0 aliphatic rings. The highest BCUT2D eigenvalue weighted by atomic mass is 35.5. The van der Waals surface area contributed by atoms with E-state index in [1.807, 2.05) is 48.5 Å². The molecular formula is C29H23ClFNO4. The van der Waals surface area contributed by atoms with Gasteiger partial charge in [0.15, 0.2) is 0 Å². The van der Waals surface area contributed by atoms with Gasteiger partial charge in [-0.05, 0) is 65.2 Å². The Hall–Kier alpha value is -4.16. The maximum absolute atomic E-state index is 13.8. The number of carboxylic acids is 1. The van der Waals surface area contributed by atoms with Gasteiger partial charge in [-0.25, -0.2) is 9.18 Å². The van der Waals surface area contributed by atoms with Gasteiger partial charge in [0.2, 0.25) is 0 Å². The van der Waals surface area contributed by atoms with E-state index in [2.05, 4.69) is 6.92 Å². The molecule has 182 valence electrons. The van der Waals surface area contributed by atoms with Gasteiger partial charge in [-0.3, -0.25) is 4.79 Å². The molecule has 7 heteroatoms. The molecule has 4 aromatic carbocycles. The molecule has 0 aliphatic heterocycles. The second-order valence-corrected chi connectivity index (χ2v) is 8.86. The minimum absolute atomic E-state index is 0.106. The lowest BCUT2D eigenvalue weighted by atomic mass is 9.92. The van der Waals surface area contributed by atoms with E-state index in [4.69, 9.17) is 11.6 Å². The number of nitrogens with zero attached hydrogens (tertiary/aromatic N) is 1. The second-order valence-electron chi connectivity index (χ2n) is 8.42. The summed E-state index contributed by atoms with van der Waals surface area (Å²) in [5.74, 6) is -2.68. The number of aromatic hydroxyl groups is 1. The monoisotopic (exact) mass is 503 g/mol. The molecule has 0 radical (unpaired) electrons. The molecule has 0 heterocycles. The minimum atomic E-state index is -1.33. The predicted octanol–water partition coefficient (Wildman–Crippen LogP) is 6.88. The van der Waals surface area contributed by atoms with Crippen molar-refractivity contribution in [2.24, 2.45) is 0 Å². The number of benzene rings is 4. The van der Waals surface area contributed by atoms with E-state index < -0.39 is 23.4 Å². The number of hydrogen-bond donors (Lipinski definition) is 2. The number of phenols is 1. The first kappa shape index (κ1) is 24.9. The second kappa shape index (κ2) is 10.6. The van der Waals surface area contributed by atoms with Crippen LogP contribution in [-0.4, -0.2) is 22.1 Å². The van der Waals surface area contributed by atoms with Crippen molar-refractivity contribution < 1.29 is 24.2 Å². The molecule has 1 amide bonds. The van der Waals surface area contributed by atoms with Crippen LogP contribution in [0.15, 0.2) is 91.0 Å². The van der Waals surface area contributed by atoms with Gasteiger partial charge in [0.25, 0.3) is 5.91 Å². The summed E-state index contributed by atoms with van der Waals surface area (Å²) in [6, 6.07) is 24.6. The van der Waals surface area contributed by atoms with Crippen molar-refractivity contribution >= 4 is 29.2 Å². The summed E-state index contributed by atoms with van der Waals surface area (Å²) in [7, 11) is 0. The van der Waals surface area contributed by atoms with Gasteiger partial charge in [-0.1, -0.05) is 61.0 Å². The van der Waals surface area contributed by atoms with E-state index in [1.54, 1.807) is 0 Å². The zero-order valence-electron chi connectivity index (χ0n) is 19.4. The number of anilines is 1. The van der Waals surface area contributed by atoms with Crippen LogP contribution in [0.1, 0.15) is 50.2 Å². The molecule has 4 aromatic rings. The highest BCUT2D eigenvalue weighted by molar-refractivity contribution is 6.30. The largest absolute Gasteiger partial charge is 0.507 e. The molecule has 0 fully saturated rings. The van der Waals surface area contributed by atoms with Crippen LogP contribution in [-0.2, 0) is 6.54 Å². The Morgan fingerprint density at radius 3 is 2.17 bits per heavy atom. The molecular weight excluding hydrogens is 481 g/mol. The Kier molecular flexibility index (Phi) is 7.36. The number of carbonyl (C=O) groups excluding carboxylic acids is 1. The standard InChI is InChI=1S/C29H23ClFNO4/c1-18(21-9-11-23(30)12-10-21)20-7-5-19(6-8-20)17-32(28(34)22-3-2-4-24(31)15-22)25-13-14-27(33)26(16-25)29(35)36/h2-16,18,33H,17H2,1H3,(H,35,36). The lowest BCUT2D eigenvalue weighted by Crippen LogP contribution is -2.30. The number of amides is 1. The fourth-order valence-electron chi connectivity index (χ4n) is 3.96. The molecule has 0 bridgehead atoms. The number of rotatable bonds is 7. The Morgan fingerprint density at radius 1 is 0.917 bits per heavy atom. The van der Waals surface area contributed by atoms with Crippen molar-refractivity contribution in [1.82, 2.24) is 0 Å². The van der Waals surface area contributed by atoms with Crippen molar-refractivity contribution in [3.8, 4) is 5.75 Å². The summed E-state index contributed by atoms with van der Waals surface area (Å²) >= 11 is 6.00. The summed E-state index contributed by atoms with van der Waals surface area (Å²) in [5.41, 5.74) is 3.02. The first-order valence-corrected chi connectivity index (χ1v) is 11.6. The number of aromatic carboxylic acids is 1. The molecule has 1 unspecified atom stereocenters. The smallest absolute Gasteiger partial charge is 0.339 e. The van der Waals surface area contributed by atoms with E-state index in [-0.39, 0.29) is 29.3 Å². The van der Waals surface area contributed by atoms with Gasteiger partial charge in [-0.2, -0.15) is 0 Å². The highest BCUT2D eigenvalue weighted by Crippen LogP contribution is 2.29. The normalized spacial score (nSPS) is 11.6. The third kappa shape index (κ3) is 5.56. The SMILES string of the molecule is CC(c1ccc(Cl)cc1)c1ccc(CN(C(=O)c2cccc(F)c2)c2ccc(O)c(C(=O)O)c2)cc1. The van der Waals surface area contributed by atoms with E-state index in [0.717, 1.165) is 22.8 Å². The summed E-state index contributed by atoms with van der Waals surface area (Å²) < 4.78 is 13.8. The van der Waals surface area contributed by atoms with Crippen LogP contribution in [0.25, 0.3) is 0 Å². The van der Waals surface area contributed by atoms with Gasteiger partial charge in [0, 0.05) is 22.2 Å². The summed E-state index contributed by atoms with van der Waals surface area (Å²) in [6.07, 6.45) is 0. The topological polar surface area (TPSA) is 77.8 Å². The first-order chi connectivity index (χ1) is 17.2. The third-order valence-corrected chi connectivity index (χ3v) is 6.28. The van der Waals surface area contributed by atoms with Gasteiger partial charge >= 0.3 is 5.97 Å². The number of carbonyl (C=O) groups is 2. The minimum Gasteiger partial charge on any atom is -0.507 e. The Bertz CT molecular complexity index is 1400. The fourth-order valence-corrected chi connectivity index (χ4v) is 4.09. The first-order valence-electron chi connectivity index (χ1n) is 11.2. The average Bonchev–Trinajstić information content (AvgIpc) is 2.87. The van der Waals surface area contributed by atoms with Crippen LogP contribution >= 0.6 is 11.6 Å². The van der Waals surface area contributed by atoms with E-state index in [0.29, 0.717) is 5.02 Å². The van der Waals surface area contributed by atoms with Crippen LogP contribution in [0.5, 0.6) is 5.75 Å². The van der Waals surface area contributed by atoms with Crippen molar-refractivity contribution in [1.29, 1.82) is 0 Å². The van der Waals surface area contributed by atoms with Crippen molar-refractivity contribution in [2.75, 3.05) is 4.90 Å². The number of halogens is 2. The lowest BCUT2D eigenvalue weighted by molar-refractivity contribution is 0.0693. The molecule has 0 saturated heterocycles. The number of carboxylic acid groups (broad SMARTS) is 1. The summed E-state index contributed by atoms with van der Waals surface area (Å²) in [5, 5.41) is 20.0. The fraction of sp³-hybridized carbons (Fsp3) is 0.103. The van der Waals surface area contributed by atoms with Crippen LogP contribution in [0.2, 0.25) is 5.02 Å². The van der Waals surface area contributed by atoms with Crippen LogP contribution in [0.4, 0.5) is 10.1 Å². The average molecular weight is 504 g/mol. The molecule has 1 atom stereocenters. The maximum Gasteiger partial charge on any atom is 0.339 e. The molecule has 0 spiro atoms. The molecule has 0 aliphatic carbocycles. The maximum atomic E-state index is 13.8. The molecule has 0 aromatic heterocycles. The van der Waals surface area contributed by atoms with Gasteiger partial charge in [0.1, 0.15) is 17.1 Å². The van der Waals surface area contributed by atoms with E-state index >= 15 is 0 Å². The predicted molar refractivity (Wildman–Crippen MR) is 137 cm³/mol. The molecule has 36 heavy (non-hydrogen) atoms. The van der Waals surface area contributed by atoms with Gasteiger partial charge in [0.05, 0.1) is 6.54 Å². The molecule has 5 nitrogen and oxygen atoms in total. The molecule has 2 N–H and O–H groups in total. The van der Waals surface area contributed by atoms with Crippen molar-refractivity contribution in [3.05, 3.63) is 130 Å². The van der Waals surface area contributed by atoms with Crippen LogP contribution < -0.4 is 4.90 Å². The zero-order chi connectivity index (χ0) is 25.8. The van der Waals surface area contributed by atoms with Gasteiger partial charge < -0.3 is 15.1 Å². The van der Waals surface area contributed by atoms with E-state index in [9.17, 15) is 24.2 Å². The molecule has 4 rings (SSSR count). The van der Waals surface area contributed by atoms with Gasteiger partial charge in [-0.15, -0.1) is 0 Å². The third-order valence-electron chi connectivity index (χ3n) is 6.03. The highest BCUT2D eigenvalue weighted by Gasteiger charge is 2.22. The lowest BCUT2D eigenvalue weighted by Gasteiger charge is -2.24. The van der Waals surface area contributed by atoms with Crippen LogP contribution in [0.3, 0.4) is 0 Å². The van der Waals surface area contributed by atoms with Crippen molar-refractivity contribution in [3.63, 3.8) is 0 Å². The molecule has 0 saturated carbocycles. The Labute approximate surface area is 213 Å². The van der Waals surface area contributed by atoms with E-state index in [1.165, 1.54) is 41.3 Å². The Balaban J connectivity index is 1.66. The summed E-state index contributed by atoms with van der Waals surface area (Å²) in [6.45, 7) is 2.19. The zero-order valence-corrected chi connectivity index (χ0v) is 20.1.